The molecule has 3 aromatic rings. The van der Waals surface area contributed by atoms with Crippen molar-refractivity contribution in [2.45, 2.75) is 12.6 Å². The van der Waals surface area contributed by atoms with Crippen LogP contribution in [0.3, 0.4) is 0 Å². The molecule has 32 heavy (non-hydrogen) atoms. The summed E-state index contributed by atoms with van der Waals surface area (Å²) < 4.78 is 5.91. The predicted molar refractivity (Wildman–Crippen MR) is 125 cm³/mol. The molecule has 1 aliphatic heterocycles. The van der Waals surface area contributed by atoms with Gasteiger partial charge in [0.2, 0.25) is 11.8 Å². The van der Waals surface area contributed by atoms with E-state index in [-0.39, 0.29) is 18.4 Å². The van der Waals surface area contributed by atoms with E-state index in [2.05, 4.69) is 9.97 Å². The van der Waals surface area contributed by atoms with Crippen molar-refractivity contribution < 1.29 is 14.3 Å². The van der Waals surface area contributed by atoms with Crippen LogP contribution in [-0.2, 0) is 20.9 Å². The van der Waals surface area contributed by atoms with Crippen LogP contribution in [0.2, 0.25) is 4.34 Å². The first-order valence-electron chi connectivity index (χ1n) is 9.97. The second-order valence-electron chi connectivity index (χ2n) is 7.35. The molecule has 0 bridgehead atoms. The molecule has 0 unspecified atom stereocenters. The molecule has 1 fully saturated rings. The quantitative estimate of drug-likeness (QED) is 0.555. The van der Waals surface area contributed by atoms with Gasteiger partial charge in [-0.25, -0.2) is 9.97 Å². The zero-order valence-electron chi connectivity index (χ0n) is 17.4. The van der Waals surface area contributed by atoms with Gasteiger partial charge in [0.15, 0.2) is 0 Å². The van der Waals surface area contributed by atoms with Crippen molar-refractivity contribution >= 4 is 57.5 Å². The molecular weight excluding hydrogens is 450 g/mol. The summed E-state index contributed by atoms with van der Waals surface area (Å²) >= 11 is 7.32. The van der Waals surface area contributed by atoms with E-state index in [9.17, 15) is 9.59 Å². The number of nitrogen functional groups attached to an aromatic ring is 1. The lowest BCUT2D eigenvalue weighted by molar-refractivity contribution is -0.152. The van der Waals surface area contributed by atoms with Gasteiger partial charge in [0.25, 0.3) is 0 Å². The van der Waals surface area contributed by atoms with Gasteiger partial charge in [-0.1, -0.05) is 17.7 Å². The molecule has 1 aliphatic rings. The van der Waals surface area contributed by atoms with Crippen LogP contribution in [0, 0.1) is 0 Å². The predicted octanol–water partition coefficient (Wildman–Crippen LogP) is 2.83. The highest BCUT2D eigenvalue weighted by molar-refractivity contribution is 7.17. The molecule has 10 heteroatoms. The molecule has 0 spiro atoms. The average molecular weight is 472 g/mol. The van der Waals surface area contributed by atoms with Crippen LogP contribution in [0.5, 0.6) is 0 Å². The molecule has 2 N–H and O–H groups in total. The first kappa shape index (κ1) is 22.2. The van der Waals surface area contributed by atoms with Crippen molar-refractivity contribution in [2.24, 2.45) is 0 Å². The number of ether oxygens (including phenoxy) is 1. The fourth-order valence-corrected chi connectivity index (χ4v) is 4.65. The third-order valence-electron chi connectivity index (χ3n) is 5.28. The van der Waals surface area contributed by atoms with Gasteiger partial charge in [-0.15, -0.1) is 11.3 Å². The van der Waals surface area contributed by atoms with Crippen molar-refractivity contribution in [3.63, 3.8) is 0 Å². The standard InChI is InChI=1S/C22H22ClN5O3S/c1-31-12-18-22(30)27(11-14-2-5-16-17(10-14)25-13-26-21(16)24)8-9-28(18)20(29)7-4-15-3-6-19(23)32-15/h2-7,10,13,18H,8-9,11-12H2,1H3,(H2,24,25,26)/t18-/m0/s1. The number of nitrogens with zero attached hydrogens (tertiary/aromatic N) is 4. The van der Waals surface area contributed by atoms with Crippen LogP contribution in [-0.4, -0.2) is 64.4 Å². The van der Waals surface area contributed by atoms with E-state index in [1.165, 1.54) is 30.8 Å². The minimum Gasteiger partial charge on any atom is -0.383 e. The first-order valence-corrected chi connectivity index (χ1v) is 11.2. The van der Waals surface area contributed by atoms with E-state index in [0.29, 0.717) is 29.8 Å². The van der Waals surface area contributed by atoms with Crippen LogP contribution < -0.4 is 5.73 Å². The summed E-state index contributed by atoms with van der Waals surface area (Å²) in [7, 11) is 1.52. The fraction of sp³-hybridized carbons (Fsp3) is 0.273. The first-order chi connectivity index (χ1) is 15.5. The summed E-state index contributed by atoms with van der Waals surface area (Å²) in [6, 6.07) is 8.61. The third-order valence-corrected chi connectivity index (χ3v) is 6.48. The number of methoxy groups -OCH3 is 1. The van der Waals surface area contributed by atoms with Gasteiger partial charge < -0.3 is 20.3 Å². The van der Waals surface area contributed by atoms with E-state index in [0.717, 1.165) is 21.3 Å². The summed E-state index contributed by atoms with van der Waals surface area (Å²) in [5.41, 5.74) is 7.54. The Morgan fingerprint density at radius 3 is 2.91 bits per heavy atom. The maximum atomic E-state index is 13.2. The number of thiophene rings is 1. The van der Waals surface area contributed by atoms with Gasteiger partial charge in [0, 0.05) is 43.1 Å². The molecule has 0 saturated carbocycles. The number of anilines is 1. The number of nitrogens with two attached hydrogens (primary N) is 1. The maximum absolute atomic E-state index is 13.2. The number of carbonyl (C=O) groups is 2. The van der Waals surface area contributed by atoms with Crippen molar-refractivity contribution in [3.05, 3.63) is 57.5 Å². The molecule has 3 heterocycles. The average Bonchev–Trinajstić information content (AvgIpc) is 3.20. The molecule has 166 valence electrons. The van der Waals surface area contributed by atoms with E-state index in [4.69, 9.17) is 22.1 Å². The highest BCUT2D eigenvalue weighted by atomic mass is 35.5. The molecule has 1 atom stereocenters. The Kier molecular flexibility index (Phi) is 6.69. The Hall–Kier alpha value is -3.01. The number of piperazine rings is 1. The molecule has 2 amide bonds. The summed E-state index contributed by atoms with van der Waals surface area (Å²) in [5, 5.41) is 0.772. The third kappa shape index (κ3) is 4.74. The van der Waals surface area contributed by atoms with Gasteiger partial charge >= 0.3 is 0 Å². The second-order valence-corrected chi connectivity index (χ2v) is 9.09. The normalized spacial score (nSPS) is 16.9. The Bertz CT molecular complexity index is 1180. The second kappa shape index (κ2) is 9.64. The summed E-state index contributed by atoms with van der Waals surface area (Å²) in [6.07, 6.45) is 4.60. The van der Waals surface area contributed by atoms with Crippen molar-refractivity contribution in [2.75, 3.05) is 32.5 Å². The number of hydrogen-bond acceptors (Lipinski definition) is 7. The lowest BCUT2D eigenvalue weighted by Gasteiger charge is -2.40. The number of halogens is 1. The van der Waals surface area contributed by atoms with E-state index in [1.807, 2.05) is 24.3 Å². The number of rotatable bonds is 6. The van der Waals surface area contributed by atoms with Gasteiger partial charge in [-0.2, -0.15) is 0 Å². The van der Waals surface area contributed by atoms with Crippen LogP contribution in [0.1, 0.15) is 10.4 Å². The number of amides is 2. The van der Waals surface area contributed by atoms with Gasteiger partial charge in [0.1, 0.15) is 18.2 Å². The number of aromatic nitrogens is 2. The van der Waals surface area contributed by atoms with E-state index >= 15 is 0 Å². The molecule has 2 aromatic heterocycles. The lowest BCUT2D eigenvalue weighted by Crippen LogP contribution is -2.59. The SMILES string of the molecule is COC[C@H]1C(=O)N(Cc2ccc3c(N)ncnc3c2)CCN1C(=O)C=Cc1ccc(Cl)s1. The molecule has 8 nitrogen and oxygen atoms in total. The fourth-order valence-electron chi connectivity index (χ4n) is 3.69. The Balaban J connectivity index is 1.48. The summed E-state index contributed by atoms with van der Waals surface area (Å²) in [5.74, 6) is 0.0338. The van der Waals surface area contributed by atoms with Crippen LogP contribution >= 0.6 is 22.9 Å². The maximum Gasteiger partial charge on any atom is 0.248 e. The highest BCUT2D eigenvalue weighted by Crippen LogP contribution is 2.23. The van der Waals surface area contributed by atoms with Gasteiger partial charge in [-0.3, -0.25) is 9.59 Å². The van der Waals surface area contributed by atoms with Crippen LogP contribution in [0.4, 0.5) is 5.82 Å². The number of carbonyl (C=O) groups excluding carboxylic acids is 2. The zero-order valence-corrected chi connectivity index (χ0v) is 19.0. The molecule has 1 saturated heterocycles. The smallest absolute Gasteiger partial charge is 0.248 e. The highest BCUT2D eigenvalue weighted by Gasteiger charge is 2.36. The Morgan fingerprint density at radius 1 is 1.31 bits per heavy atom. The van der Waals surface area contributed by atoms with Crippen molar-refractivity contribution in [1.29, 1.82) is 0 Å². The molecule has 0 radical (unpaired) electrons. The number of fused-ring (bicyclic) bond motifs is 1. The van der Waals surface area contributed by atoms with Crippen LogP contribution in [0.25, 0.3) is 17.0 Å². The molecular formula is C22H22ClN5O3S. The lowest BCUT2D eigenvalue weighted by atomic mass is 10.1. The summed E-state index contributed by atoms with van der Waals surface area (Å²) in [6.45, 7) is 1.37. The van der Waals surface area contributed by atoms with Gasteiger partial charge in [0.05, 0.1) is 16.5 Å². The van der Waals surface area contributed by atoms with E-state index in [1.54, 1.807) is 21.9 Å². The largest absolute Gasteiger partial charge is 0.383 e. The Labute approximate surface area is 194 Å². The number of benzene rings is 1. The monoisotopic (exact) mass is 471 g/mol. The zero-order chi connectivity index (χ0) is 22.7. The minimum absolute atomic E-state index is 0.126. The molecule has 0 aliphatic carbocycles. The van der Waals surface area contributed by atoms with Crippen molar-refractivity contribution in [3.8, 4) is 0 Å². The van der Waals surface area contributed by atoms with Gasteiger partial charge in [-0.05, 0) is 35.9 Å². The summed E-state index contributed by atoms with van der Waals surface area (Å²) in [4.78, 5) is 38.4. The van der Waals surface area contributed by atoms with Crippen LogP contribution in [0.15, 0.2) is 42.7 Å². The Morgan fingerprint density at radius 2 is 2.16 bits per heavy atom. The molecule has 4 rings (SSSR count). The number of hydrogen-bond donors (Lipinski definition) is 1. The molecule has 1 aromatic carbocycles. The van der Waals surface area contributed by atoms with Crippen molar-refractivity contribution in [1.82, 2.24) is 19.8 Å². The van der Waals surface area contributed by atoms with E-state index < -0.39 is 6.04 Å². The minimum atomic E-state index is -0.684. The topological polar surface area (TPSA) is 102 Å².